The number of ether oxygens (including phenoxy) is 2. The van der Waals surface area contributed by atoms with Gasteiger partial charge in [0.2, 0.25) is 5.91 Å². The van der Waals surface area contributed by atoms with Gasteiger partial charge in [0.1, 0.15) is 25.0 Å². The second-order valence-corrected chi connectivity index (χ2v) is 9.93. The van der Waals surface area contributed by atoms with Gasteiger partial charge in [0, 0.05) is 12.5 Å². The molecule has 200 valence electrons. The molecule has 1 aliphatic carbocycles. The number of alkyl carbamates (subject to hydrolysis) is 1. The molecule has 0 aromatic heterocycles. The molecule has 1 fully saturated rings. The highest BCUT2D eigenvalue weighted by Gasteiger charge is 2.25. The van der Waals surface area contributed by atoms with E-state index in [1.165, 1.54) is 19.3 Å². The molecule has 1 saturated carbocycles. The molecule has 0 saturated heterocycles. The highest BCUT2D eigenvalue weighted by atomic mass is 16.5. The van der Waals surface area contributed by atoms with Gasteiger partial charge in [-0.3, -0.25) is 4.79 Å². The van der Waals surface area contributed by atoms with Crippen molar-refractivity contribution < 1.29 is 19.1 Å². The van der Waals surface area contributed by atoms with Crippen molar-refractivity contribution in [3.05, 3.63) is 102 Å². The first kappa shape index (κ1) is 27.2. The van der Waals surface area contributed by atoms with E-state index in [9.17, 15) is 9.59 Å². The molecule has 1 atom stereocenters. The Kier molecular flexibility index (Phi) is 10.6. The highest BCUT2D eigenvalue weighted by molar-refractivity contribution is 5.86. The number of rotatable bonds is 10. The number of carbonyl (C=O) groups excluding carboxylic acids is 2. The molecule has 3 aromatic rings. The topological polar surface area (TPSA) is 76.7 Å². The minimum atomic E-state index is -0.736. The summed E-state index contributed by atoms with van der Waals surface area (Å²) in [4.78, 5) is 26.0. The Morgan fingerprint density at radius 2 is 1.29 bits per heavy atom. The Labute approximate surface area is 225 Å². The molecule has 6 heteroatoms. The van der Waals surface area contributed by atoms with Crippen molar-refractivity contribution in [1.82, 2.24) is 10.6 Å². The van der Waals surface area contributed by atoms with E-state index in [1.54, 1.807) is 0 Å². The molecule has 38 heavy (non-hydrogen) atoms. The molecule has 0 spiro atoms. The van der Waals surface area contributed by atoms with E-state index >= 15 is 0 Å². The minimum Gasteiger partial charge on any atom is -0.489 e. The first-order valence-corrected chi connectivity index (χ1v) is 13.7. The summed E-state index contributed by atoms with van der Waals surface area (Å²) in [6.45, 7) is 0.637. The summed E-state index contributed by atoms with van der Waals surface area (Å²) in [5.74, 6) is 0.583. The largest absolute Gasteiger partial charge is 0.489 e. The Hall–Kier alpha value is -3.80. The van der Waals surface area contributed by atoms with Crippen LogP contribution >= 0.6 is 0 Å². The van der Waals surface area contributed by atoms with Crippen molar-refractivity contribution in [1.29, 1.82) is 0 Å². The van der Waals surface area contributed by atoms with E-state index in [-0.39, 0.29) is 18.6 Å². The zero-order valence-electron chi connectivity index (χ0n) is 21.9. The Morgan fingerprint density at radius 3 is 1.92 bits per heavy atom. The van der Waals surface area contributed by atoms with Gasteiger partial charge < -0.3 is 20.1 Å². The van der Waals surface area contributed by atoms with Crippen LogP contribution in [0.25, 0.3) is 0 Å². The molecule has 6 nitrogen and oxygen atoms in total. The summed E-state index contributed by atoms with van der Waals surface area (Å²) in [5, 5.41) is 6.01. The summed E-state index contributed by atoms with van der Waals surface area (Å²) in [6, 6.07) is 26.6. The van der Waals surface area contributed by atoms with Crippen LogP contribution in [0.15, 0.2) is 84.9 Å². The SMILES string of the molecule is O=C(N[C@H](Cc1ccc(OCc2ccccc2)cc1)C(=O)NC1CCCCCCC1)OCc1ccccc1. The zero-order chi connectivity index (χ0) is 26.4. The first-order valence-electron chi connectivity index (χ1n) is 13.7. The molecule has 0 unspecified atom stereocenters. The first-order chi connectivity index (χ1) is 18.7. The third kappa shape index (κ3) is 9.25. The number of benzene rings is 3. The summed E-state index contributed by atoms with van der Waals surface area (Å²) in [5.41, 5.74) is 2.92. The van der Waals surface area contributed by atoms with Crippen LogP contribution in [0.2, 0.25) is 0 Å². The fourth-order valence-electron chi connectivity index (χ4n) is 4.72. The van der Waals surface area contributed by atoms with E-state index in [1.807, 2.05) is 84.9 Å². The van der Waals surface area contributed by atoms with Crippen molar-refractivity contribution in [2.45, 2.75) is 76.7 Å². The molecule has 0 bridgehead atoms. The van der Waals surface area contributed by atoms with Crippen LogP contribution in [0.3, 0.4) is 0 Å². The molecule has 2 amide bonds. The van der Waals surface area contributed by atoms with Crippen LogP contribution in [0.1, 0.15) is 61.6 Å². The lowest BCUT2D eigenvalue weighted by Gasteiger charge is -2.25. The molecular formula is C32H38N2O4. The summed E-state index contributed by atoms with van der Waals surface area (Å²) in [7, 11) is 0. The van der Waals surface area contributed by atoms with Gasteiger partial charge in [-0.1, -0.05) is 105 Å². The summed E-state index contributed by atoms with van der Waals surface area (Å²) >= 11 is 0. The fraction of sp³-hybridized carbons (Fsp3) is 0.375. The van der Waals surface area contributed by atoms with Gasteiger partial charge in [-0.15, -0.1) is 0 Å². The van der Waals surface area contributed by atoms with Gasteiger partial charge in [0.25, 0.3) is 0 Å². The third-order valence-corrected chi connectivity index (χ3v) is 6.88. The monoisotopic (exact) mass is 514 g/mol. The maximum Gasteiger partial charge on any atom is 0.408 e. The molecule has 0 heterocycles. The van der Waals surface area contributed by atoms with Gasteiger partial charge in [-0.25, -0.2) is 4.79 Å². The van der Waals surface area contributed by atoms with E-state index in [0.29, 0.717) is 13.0 Å². The van der Waals surface area contributed by atoms with Gasteiger partial charge in [0.15, 0.2) is 0 Å². The minimum absolute atomic E-state index is 0.140. The number of hydrogen-bond donors (Lipinski definition) is 2. The number of nitrogens with one attached hydrogen (secondary N) is 2. The highest BCUT2D eigenvalue weighted by Crippen LogP contribution is 2.18. The van der Waals surface area contributed by atoms with E-state index < -0.39 is 12.1 Å². The second kappa shape index (κ2) is 14.8. The van der Waals surface area contributed by atoms with Crippen LogP contribution < -0.4 is 15.4 Å². The van der Waals surface area contributed by atoms with E-state index in [4.69, 9.17) is 9.47 Å². The van der Waals surface area contributed by atoms with Gasteiger partial charge in [-0.2, -0.15) is 0 Å². The standard InChI is InChI=1S/C32H38N2O4/c35-31(33-28-16-10-2-1-3-11-17-28)30(34-32(36)38-24-27-14-8-5-9-15-27)22-25-18-20-29(21-19-25)37-23-26-12-6-4-7-13-26/h4-9,12-15,18-21,28,30H,1-3,10-11,16-17,22-24H2,(H,33,35)(H,34,36)/t30-/m1/s1. The van der Waals surface area contributed by atoms with E-state index in [2.05, 4.69) is 10.6 Å². The molecule has 0 aliphatic heterocycles. The van der Waals surface area contributed by atoms with Crippen LogP contribution in [0.4, 0.5) is 4.79 Å². The smallest absolute Gasteiger partial charge is 0.408 e. The zero-order valence-corrected chi connectivity index (χ0v) is 21.9. The van der Waals surface area contributed by atoms with Gasteiger partial charge in [0.05, 0.1) is 0 Å². The summed E-state index contributed by atoms with van der Waals surface area (Å²) in [6.07, 6.45) is 7.63. The average molecular weight is 515 g/mol. The Balaban J connectivity index is 1.37. The normalized spacial score (nSPS) is 14.9. The van der Waals surface area contributed by atoms with Crippen LogP contribution in [-0.4, -0.2) is 24.1 Å². The van der Waals surface area contributed by atoms with Crippen LogP contribution in [-0.2, 0) is 29.2 Å². The van der Waals surface area contributed by atoms with Crippen molar-refractivity contribution >= 4 is 12.0 Å². The Bertz CT molecular complexity index is 1110. The van der Waals surface area contributed by atoms with E-state index in [0.717, 1.165) is 48.1 Å². The maximum absolute atomic E-state index is 13.3. The maximum atomic E-state index is 13.3. The number of amides is 2. The Morgan fingerprint density at radius 1 is 0.711 bits per heavy atom. The average Bonchev–Trinajstić information content (AvgIpc) is 2.93. The number of carbonyl (C=O) groups is 2. The second-order valence-electron chi connectivity index (χ2n) is 9.93. The quantitative estimate of drug-likeness (QED) is 0.331. The predicted octanol–water partition coefficient (Wildman–Crippen LogP) is 6.33. The van der Waals surface area contributed by atoms with Crippen molar-refractivity contribution in [3.8, 4) is 5.75 Å². The fourth-order valence-corrected chi connectivity index (χ4v) is 4.72. The predicted molar refractivity (Wildman–Crippen MR) is 149 cm³/mol. The number of hydrogen-bond acceptors (Lipinski definition) is 4. The lowest BCUT2D eigenvalue weighted by molar-refractivity contribution is -0.123. The molecular weight excluding hydrogens is 476 g/mol. The molecule has 2 N–H and O–H groups in total. The third-order valence-electron chi connectivity index (χ3n) is 6.88. The van der Waals surface area contributed by atoms with Crippen molar-refractivity contribution in [2.24, 2.45) is 0 Å². The molecule has 3 aromatic carbocycles. The molecule has 4 rings (SSSR count). The lowest BCUT2D eigenvalue weighted by Crippen LogP contribution is -2.50. The van der Waals surface area contributed by atoms with Crippen molar-refractivity contribution in [3.63, 3.8) is 0 Å². The van der Waals surface area contributed by atoms with Crippen molar-refractivity contribution in [2.75, 3.05) is 0 Å². The lowest BCUT2D eigenvalue weighted by atomic mass is 9.96. The molecule has 1 aliphatic rings. The van der Waals surface area contributed by atoms with Gasteiger partial charge >= 0.3 is 6.09 Å². The summed E-state index contributed by atoms with van der Waals surface area (Å²) < 4.78 is 11.3. The van der Waals surface area contributed by atoms with Crippen LogP contribution in [0, 0.1) is 0 Å². The molecule has 0 radical (unpaired) electrons. The van der Waals surface area contributed by atoms with Gasteiger partial charge in [-0.05, 0) is 41.7 Å². The van der Waals surface area contributed by atoms with Crippen LogP contribution in [0.5, 0.6) is 5.75 Å².